The topological polar surface area (TPSA) is 173 Å². The van der Waals surface area contributed by atoms with Crippen molar-refractivity contribution >= 4 is 75.2 Å². The number of aromatic nitrogens is 2. The van der Waals surface area contributed by atoms with Crippen molar-refractivity contribution in [1.82, 2.24) is 9.78 Å². The molecule has 3 aromatic carbocycles. The second-order valence-corrected chi connectivity index (χ2v) is 18.6. The maximum Gasteiger partial charge on any atom is 0.347 e. The molecule has 1 aromatic heterocycles. The van der Waals surface area contributed by atoms with Crippen LogP contribution in [0.2, 0.25) is 10.0 Å². The van der Waals surface area contributed by atoms with Crippen LogP contribution in [0.1, 0.15) is 178 Å². The third-order valence-electron chi connectivity index (χ3n) is 11.9. The van der Waals surface area contributed by atoms with Gasteiger partial charge < -0.3 is 24.8 Å². The number of rotatable bonds is 35. The van der Waals surface area contributed by atoms with Gasteiger partial charge in [0.05, 0.1) is 51.9 Å². The van der Waals surface area contributed by atoms with E-state index in [4.69, 9.17) is 47.2 Å². The van der Waals surface area contributed by atoms with Crippen LogP contribution in [0.5, 0.6) is 0 Å². The number of carbonyl (C=O) groups excluding carboxylic acids is 5. The molecule has 3 atom stereocenters. The van der Waals surface area contributed by atoms with Crippen LogP contribution in [0.25, 0.3) is 10.9 Å². The highest BCUT2D eigenvalue weighted by Gasteiger charge is 2.32. The molecule has 0 saturated carbocycles. The van der Waals surface area contributed by atoms with Gasteiger partial charge in [0.25, 0.3) is 11.8 Å². The van der Waals surface area contributed by atoms with Gasteiger partial charge in [-0.05, 0) is 68.7 Å². The number of carbonyl (C=O) groups is 5. The third-order valence-corrected chi connectivity index (χ3v) is 12.5. The minimum atomic E-state index is -1.62. The number of anilines is 2. The average Bonchev–Trinajstić information content (AvgIpc) is 3.77. The highest BCUT2D eigenvalue weighted by molar-refractivity contribution is 6.35. The molecule has 2 amide bonds. The Kier molecular flexibility index (Phi) is 27.0. The molecule has 1 heterocycles. The van der Waals surface area contributed by atoms with Gasteiger partial charge in [0.1, 0.15) is 6.61 Å². The number of ether oxygens (including phenoxy) is 3. The van der Waals surface area contributed by atoms with E-state index in [1.807, 2.05) is 0 Å². The fourth-order valence-electron chi connectivity index (χ4n) is 7.73. The first-order chi connectivity index (χ1) is 33.9. The van der Waals surface area contributed by atoms with Crippen LogP contribution in [-0.2, 0) is 49.8 Å². The summed E-state index contributed by atoms with van der Waals surface area (Å²) in [7, 11) is 0. The summed E-state index contributed by atoms with van der Waals surface area (Å²) in [6, 6.07) is 14.2. The zero-order valence-corrected chi connectivity index (χ0v) is 43.1. The van der Waals surface area contributed by atoms with Crippen molar-refractivity contribution in [2.75, 3.05) is 23.8 Å². The monoisotopic (exact) mass is 1010 g/mol. The predicted molar refractivity (Wildman–Crippen MR) is 275 cm³/mol. The summed E-state index contributed by atoms with van der Waals surface area (Å²) < 4.78 is 17.4. The van der Waals surface area contributed by atoms with Crippen LogP contribution in [-0.4, -0.2) is 64.9 Å². The number of esters is 3. The molecule has 0 aliphatic rings. The summed E-state index contributed by atoms with van der Waals surface area (Å²) in [4.78, 5) is 77.6. The first-order valence-corrected chi connectivity index (χ1v) is 26.1. The van der Waals surface area contributed by atoms with Crippen molar-refractivity contribution in [3.63, 3.8) is 0 Å². The molecule has 0 bridgehead atoms. The summed E-state index contributed by atoms with van der Waals surface area (Å²) in [5.41, 5.74) is 1.16. The second-order valence-electron chi connectivity index (χ2n) is 17.8. The van der Waals surface area contributed by atoms with E-state index in [-0.39, 0.29) is 40.2 Å². The Hall–Kier alpha value is -5.02. The number of unbranched alkanes of at least 4 members (excludes halogenated alkanes) is 18. The molecule has 384 valence electrons. The number of benzene rings is 3. The van der Waals surface area contributed by atoms with E-state index < -0.39 is 48.0 Å². The maximum absolute atomic E-state index is 14.2. The number of fused-ring (bicyclic) bond motifs is 1. The van der Waals surface area contributed by atoms with Crippen molar-refractivity contribution in [2.45, 2.75) is 181 Å². The van der Waals surface area contributed by atoms with Gasteiger partial charge in [0.2, 0.25) is 6.04 Å². The lowest BCUT2D eigenvalue weighted by Gasteiger charge is -2.20. The van der Waals surface area contributed by atoms with Gasteiger partial charge in [0, 0.05) is 5.39 Å². The van der Waals surface area contributed by atoms with Crippen molar-refractivity contribution in [3.8, 4) is 0 Å². The first-order valence-electron chi connectivity index (χ1n) is 25.4. The summed E-state index contributed by atoms with van der Waals surface area (Å²) >= 11 is 13.1. The predicted octanol–water partition coefficient (Wildman–Crippen LogP) is 13.5. The largest absolute Gasteiger partial charge is 0.464 e. The molecule has 0 radical (unpaired) electrons. The van der Waals surface area contributed by atoms with E-state index >= 15 is 0 Å². The molecular formula is C54H74Cl2N4O10. The minimum Gasteiger partial charge on any atom is -0.464 e. The van der Waals surface area contributed by atoms with Crippen LogP contribution < -0.4 is 10.6 Å². The van der Waals surface area contributed by atoms with Gasteiger partial charge in [-0.15, -0.1) is 0 Å². The normalized spacial score (nSPS) is 12.5. The Morgan fingerprint density at radius 2 is 1.09 bits per heavy atom. The van der Waals surface area contributed by atoms with E-state index in [1.54, 1.807) is 42.5 Å². The summed E-state index contributed by atoms with van der Waals surface area (Å²) in [5, 5.41) is 10.7. The lowest BCUT2D eigenvalue weighted by molar-refractivity contribution is -0.325. The fraction of sp³-hybridized carbons (Fsp3) is 0.556. The van der Waals surface area contributed by atoms with Crippen molar-refractivity contribution in [2.24, 2.45) is 0 Å². The molecule has 14 nitrogen and oxygen atoms in total. The second kappa shape index (κ2) is 32.8. The first kappa shape index (κ1) is 57.6. The molecule has 3 unspecified atom stereocenters. The van der Waals surface area contributed by atoms with Crippen LogP contribution in [0.3, 0.4) is 0 Å². The van der Waals surface area contributed by atoms with E-state index in [2.05, 4.69) is 29.6 Å². The smallest absolute Gasteiger partial charge is 0.347 e. The quantitative estimate of drug-likeness (QED) is 0.0112. The molecule has 4 rings (SSSR count). The van der Waals surface area contributed by atoms with Gasteiger partial charge in [-0.2, -0.15) is 5.10 Å². The number of halogens is 2. The average molecular weight is 1010 g/mol. The molecule has 4 aromatic rings. The molecule has 0 aliphatic heterocycles. The Labute approximate surface area is 424 Å². The maximum atomic E-state index is 14.2. The van der Waals surface area contributed by atoms with Crippen molar-refractivity contribution in [3.05, 3.63) is 88.0 Å². The fourth-order valence-corrected chi connectivity index (χ4v) is 8.06. The highest BCUT2D eigenvalue weighted by Crippen LogP contribution is 2.29. The lowest BCUT2D eigenvalue weighted by atomic mass is 10.1. The summed E-state index contributed by atoms with van der Waals surface area (Å²) in [6.07, 6.45) is 22.6. The van der Waals surface area contributed by atoms with Crippen LogP contribution in [0, 0.1) is 0 Å². The van der Waals surface area contributed by atoms with Gasteiger partial charge in [0.15, 0.2) is 12.2 Å². The number of nitrogens with one attached hydrogen (secondary N) is 2. The highest BCUT2D eigenvalue weighted by atomic mass is 35.5. The van der Waals surface area contributed by atoms with Crippen molar-refractivity contribution in [1.29, 1.82) is 0 Å². The van der Waals surface area contributed by atoms with Gasteiger partial charge in [-0.25, -0.2) is 28.8 Å². The molecule has 2 N–H and O–H groups in total. The standard InChI is InChI=1S/C54H74Cl2N4O10/c1-5-7-9-11-13-15-17-19-21-25-33-66-52(63)39(3)69-54(65)42-30-32-45(56)47(36-42)59-51(62)49(60-48-28-24-23-27-43(48)37-57-60)50(61)58-46-35-41(29-31-44(46)55)38-68-70-40(4)53(64)67-34-26-22-20-18-16-14-12-10-8-6-2/h23-24,27-32,35-37,39-40,49H,5-22,25-26,33-34,38H2,1-4H3,(H,58,61)(H,59,62). The van der Waals surface area contributed by atoms with Gasteiger partial charge in [-0.1, -0.05) is 177 Å². The number of hydrogen-bond donors (Lipinski definition) is 2. The Bertz CT molecular complexity index is 2240. The Balaban J connectivity index is 1.31. The minimum absolute atomic E-state index is 0.000610. The number of hydrogen-bond acceptors (Lipinski definition) is 11. The number of nitrogens with zero attached hydrogens (tertiary/aromatic N) is 2. The van der Waals surface area contributed by atoms with Gasteiger partial charge >= 0.3 is 17.9 Å². The van der Waals surface area contributed by atoms with E-state index in [0.29, 0.717) is 23.1 Å². The van der Waals surface area contributed by atoms with Gasteiger partial charge in [-0.3, -0.25) is 9.59 Å². The lowest BCUT2D eigenvalue weighted by Crippen LogP contribution is -2.37. The SMILES string of the molecule is CCCCCCCCCCCCOC(=O)C(C)OOCc1ccc(Cl)c(NC(=O)C(C(=O)Nc2cc(C(=O)OC(C)C(=O)OCCCCCCCCCCCC)ccc2Cl)n2ncc3ccccc32)c1. The summed E-state index contributed by atoms with van der Waals surface area (Å²) in [5.74, 6) is -3.70. The van der Waals surface area contributed by atoms with E-state index in [0.717, 1.165) is 44.9 Å². The zero-order chi connectivity index (χ0) is 50.5. The number of amides is 2. The van der Waals surface area contributed by atoms with Crippen LogP contribution in [0.15, 0.2) is 66.9 Å². The number of para-hydroxylation sites is 1. The van der Waals surface area contributed by atoms with E-state index in [1.165, 1.54) is 126 Å². The Morgan fingerprint density at radius 3 is 1.64 bits per heavy atom. The molecule has 70 heavy (non-hydrogen) atoms. The third kappa shape index (κ3) is 20.4. The Morgan fingerprint density at radius 1 is 0.600 bits per heavy atom. The van der Waals surface area contributed by atoms with E-state index in [9.17, 15) is 24.0 Å². The van der Waals surface area contributed by atoms with Crippen molar-refractivity contribution < 1.29 is 48.0 Å². The van der Waals surface area contributed by atoms with Crippen LogP contribution >= 0.6 is 23.2 Å². The summed E-state index contributed by atoms with van der Waals surface area (Å²) in [6.45, 7) is 7.82. The zero-order valence-electron chi connectivity index (χ0n) is 41.6. The molecular weight excluding hydrogens is 936 g/mol. The molecule has 16 heteroatoms. The van der Waals surface area contributed by atoms with Crippen LogP contribution in [0.4, 0.5) is 11.4 Å². The molecule has 0 saturated heterocycles. The molecule has 0 fully saturated rings. The molecule has 0 aliphatic carbocycles. The molecule has 0 spiro atoms.